The molecule has 0 aliphatic heterocycles. The van der Waals surface area contributed by atoms with Crippen molar-refractivity contribution in [3.05, 3.63) is 66.6 Å². The van der Waals surface area contributed by atoms with E-state index in [0.29, 0.717) is 18.7 Å². The Kier molecular flexibility index (Phi) is 4.75. The molecule has 24 heavy (non-hydrogen) atoms. The van der Waals surface area contributed by atoms with Gasteiger partial charge in [0.25, 0.3) is 0 Å². The molecule has 1 heterocycles. The minimum atomic E-state index is 0.0655. The van der Waals surface area contributed by atoms with E-state index < -0.39 is 0 Å². The molecule has 0 unspecified atom stereocenters. The van der Waals surface area contributed by atoms with Gasteiger partial charge < -0.3 is 9.32 Å². The maximum Gasteiger partial charge on any atom is 0.222 e. The van der Waals surface area contributed by atoms with Crippen LogP contribution >= 0.6 is 0 Å². The molecule has 0 spiro atoms. The van der Waals surface area contributed by atoms with E-state index in [2.05, 4.69) is 4.98 Å². The molecule has 0 bridgehead atoms. The smallest absolute Gasteiger partial charge is 0.222 e. The van der Waals surface area contributed by atoms with Crippen LogP contribution in [0.25, 0.3) is 22.6 Å². The molecule has 1 amide bonds. The number of nitrogens with zero attached hydrogens (tertiary/aromatic N) is 2. The number of rotatable bonds is 5. The van der Waals surface area contributed by atoms with Crippen LogP contribution in [0.3, 0.4) is 0 Å². The van der Waals surface area contributed by atoms with E-state index in [9.17, 15) is 4.79 Å². The third-order valence-electron chi connectivity index (χ3n) is 3.81. The number of carbonyl (C=O) groups is 1. The van der Waals surface area contributed by atoms with Gasteiger partial charge >= 0.3 is 0 Å². The standard InChI is InChI=1S/C20H20N2O2/c1-22(2)18(23)14-13-17-21-19(15-9-5-3-6-10-15)20(24-17)16-11-7-4-8-12-16/h3-12H,13-14H2,1-2H3. The Hall–Kier alpha value is -2.88. The van der Waals surface area contributed by atoms with Crippen molar-refractivity contribution in [3.63, 3.8) is 0 Å². The van der Waals surface area contributed by atoms with E-state index in [4.69, 9.17) is 4.42 Å². The van der Waals surface area contributed by atoms with Crippen molar-refractivity contribution >= 4 is 5.91 Å². The molecule has 0 N–H and O–H groups in total. The summed E-state index contributed by atoms with van der Waals surface area (Å²) < 4.78 is 6.00. The minimum Gasteiger partial charge on any atom is -0.440 e. The summed E-state index contributed by atoms with van der Waals surface area (Å²) in [6.07, 6.45) is 0.875. The Bertz CT molecular complexity index is 751. The fourth-order valence-electron chi connectivity index (χ4n) is 2.49. The number of hydrogen-bond donors (Lipinski definition) is 0. The fraction of sp³-hybridized carbons (Fsp3) is 0.200. The summed E-state index contributed by atoms with van der Waals surface area (Å²) in [5.74, 6) is 1.40. The maximum atomic E-state index is 11.8. The lowest BCUT2D eigenvalue weighted by atomic mass is 10.1. The number of benzene rings is 2. The van der Waals surface area contributed by atoms with Crippen molar-refractivity contribution in [2.24, 2.45) is 0 Å². The fourth-order valence-corrected chi connectivity index (χ4v) is 2.49. The molecule has 122 valence electrons. The second-order valence-electron chi connectivity index (χ2n) is 5.81. The topological polar surface area (TPSA) is 46.3 Å². The molecule has 1 aromatic heterocycles. The van der Waals surface area contributed by atoms with Crippen molar-refractivity contribution in [1.29, 1.82) is 0 Å². The number of aromatic nitrogens is 1. The van der Waals surface area contributed by atoms with Gasteiger partial charge in [0.15, 0.2) is 11.7 Å². The highest BCUT2D eigenvalue weighted by Gasteiger charge is 2.17. The Morgan fingerprint density at radius 3 is 2.12 bits per heavy atom. The Balaban J connectivity index is 1.96. The molecule has 3 rings (SSSR count). The number of amides is 1. The summed E-state index contributed by atoms with van der Waals surface area (Å²) in [5, 5.41) is 0. The van der Waals surface area contributed by atoms with Gasteiger partial charge in [-0.15, -0.1) is 0 Å². The van der Waals surface area contributed by atoms with Crippen LogP contribution in [-0.2, 0) is 11.2 Å². The monoisotopic (exact) mass is 320 g/mol. The molecular formula is C20H20N2O2. The first-order valence-corrected chi connectivity index (χ1v) is 7.96. The van der Waals surface area contributed by atoms with Crippen molar-refractivity contribution in [2.45, 2.75) is 12.8 Å². The quantitative estimate of drug-likeness (QED) is 0.713. The average Bonchev–Trinajstić information content (AvgIpc) is 3.05. The molecule has 0 aliphatic rings. The first kappa shape index (κ1) is 16.0. The number of hydrogen-bond acceptors (Lipinski definition) is 3. The average molecular weight is 320 g/mol. The third kappa shape index (κ3) is 3.54. The molecule has 3 aromatic rings. The van der Waals surface area contributed by atoms with Gasteiger partial charge in [0.05, 0.1) is 0 Å². The van der Waals surface area contributed by atoms with Crippen LogP contribution in [0.5, 0.6) is 0 Å². The first-order chi connectivity index (χ1) is 11.6. The van der Waals surface area contributed by atoms with Crippen molar-refractivity contribution in [3.8, 4) is 22.6 Å². The third-order valence-corrected chi connectivity index (χ3v) is 3.81. The van der Waals surface area contributed by atoms with Crippen LogP contribution in [0.15, 0.2) is 65.1 Å². The maximum absolute atomic E-state index is 11.8. The van der Waals surface area contributed by atoms with Gasteiger partial charge in [-0.1, -0.05) is 60.7 Å². The van der Waals surface area contributed by atoms with Crippen molar-refractivity contribution in [1.82, 2.24) is 9.88 Å². The van der Waals surface area contributed by atoms with Gasteiger partial charge in [0.1, 0.15) is 5.69 Å². The summed E-state index contributed by atoms with van der Waals surface area (Å²) in [7, 11) is 3.51. The summed E-state index contributed by atoms with van der Waals surface area (Å²) in [5.41, 5.74) is 2.80. The minimum absolute atomic E-state index is 0.0655. The van der Waals surface area contributed by atoms with Gasteiger partial charge in [0.2, 0.25) is 5.91 Å². The molecule has 0 atom stereocenters. The molecule has 0 saturated carbocycles. The Morgan fingerprint density at radius 2 is 1.54 bits per heavy atom. The second-order valence-corrected chi connectivity index (χ2v) is 5.81. The normalized spacial score (nSPS) is 10.6. The highest BCUT2D eigenvalue weighted by atomic mass is 16.4. The van der Waals surface area contributed by atoms with Crippen LogP contribution in [0.1, 0.15) is 12.3 Å². The predicted octanol–water partition coefficient (Wildman–Crippen LogP) is 4.03. The van der Waals surface area contributed by atoms with Gasteiger partial charge in [-0.05, 0) is 0 Å². The summed E-state index contributed by atoms with van der Waals surface area (Å²) in [6.45, 7) is 0. The van der Waals surface area contributed by atoms with Crippen molar-refractivity contribution in [2.75, 3.05) is 14.1 Å². The zero-order valence-electron chi connectivity index (χ0n) is 13.9. The van der Waals surface area contributed by atoms with Gasteiger partial charge in [0, 0.05) is 38.1 Å². The first-order valence-electron chi connectivity index (χ1n) is 7.96. The molecule has 4 nitrogen and oxygen atoms in total. The van der Waals surface area contributed by atoms with Crippen LogP contribution in [0.4, 0.5) is 0 Å². The Morgan fingerprint density at radius 1 is 0.958 bits per heavy atom. The van der Waals surface area contributed by atoms with Crippen LogP contribution in [0.2, 0.25) is 0 Å². The Labute approximate surface area is 141 Å². The lowest BCUT2D eigenvalue weighted by Gasteiger charge is -2.08. The number of oxazole rings is 1. The summed E-state index contributed by atoms with van der Waals surface area (Å²) in [4.78, 5) is 18.0. The van der Waals surface area contributed by atoms with Crippen molar-refractivity contribution < 1.29 is 9.21 Å². The highest BCUT2D eigenvalue weighted by molar-refractivity contribution is 5.77. The molecule has 0 fully saturated rings. The van der Waals surface area contributed by atoms with E-state index in [-0.39, 0.29) is 5.91 Å². The van der Waals surface area contributed by atoms with E-state index in [1.54, 1.807) is 19.0 Å². The highest BCUT2D eigenvalue weighted by Crippen LogP contribution is 2.32. The van der Waals surface area contributed by atoms with E-state index in [0.717, 1.165) is 22.6 Å². The SMILES string of the molecule is CN(C)C(=O)CCc1nc(-c2ccccc2)c(-c2ccccc2)o1. The molecular weight excluding hydrogens is 300 g/mol. The van der Waals surface area contributed by atoms with Crippen LogP contribution in [0, 0.1) is 0 Å². The van der Waals surface area contributed by atoms with Crippen LogP contribution < -0.4 is 0 Å². The van der Waals surface area contributed by atoms with Gasteiger partial charge in [-0.2, -0.15) is 0 Å². The molecule has 4 heteroatoms. The summed E-state index contributed by atoms with van der Waals surface area (Å²) >= 11 is 0. The van der Waals surface area contributed by atoms with Crippen LogP contribution in [-0.4, -0.2) is 29.9 Å². The van der Waals surface area contributed by atoms with E-state index >= 15 is 0 Å². The summed E-state index contributed by atoms with van der Waals surface area (Å²) in [6, 6.07) is 19.9. The lowest BCUT2D eigenvalue weighted by molar-refractivity contribution is -0.128. The number of aryl methyl sites for hydroxylation is 1. The molecule has 0 radical (unpaired) electrons. The van der Waals surface area contributed by atoms with Gasteiger partial charge in [-0.25, -0.2) is 4.98 Å². The van der Waals surface area contributed by atoms with Gasteiger partial charge in [-0.3, -0.25) is 4.79 Å². The molecule has 2 aromatic carbocycles. The molecule has 0 saturated heterocycles. The largest absolute Gasteiger partial charge is 0.440 e. The molecule has 0 aliphatic carbocycles. The second kappa shape index (κ2) is 7.13. The zero-order valence-corrected chi connectivity index (χ0v) is 13.9. The lowest BCUT2D eigenvalue weighted by Crippen LogP contribution is -2.21. The predicted molar refractivity (Wildman–Crippen MR) is 94.4 cm³/mol. The van der Waals surface area contributed by atoms with E-state index in [1.807, 2.05) is 60.7 Å². The number of carbonyl (C=O) groups excluding carboxylic acids is 1. The van der Waals surface area contributed by atoms with E-state index in [1.165, 1.54) is 0 Å². The zero-order chi connectivity index (χ0) is 16.9.